The van der Waals surface area contributed by atoms with Crippen molar-refractivity contribution < 1.29 is 8.83 Å². The molecule has 258 valence electrons. The lowest BCUT2D eigenvalue weighted by atomic mass is 9.95. The number of anilines is 3. The Bertz CT molecular complexity index is 3220. The number of hydrogen-bond donors (Lipinski definition) is 0. The van der Waals surface area contributed by atoms with Gasteiger partial charge in [0, 0.05) is 44.2 Å². The second-order valence-corrected chi connectivity index (χ2v) is 14.1. The summed E-state index contributed by atoms with van der Waals surface area (Å²) in [6.07, 6.45) is 0. The zero-order chi connectivity index (χ0) is 36.3. The normalized spacial score (nSPS) is 11.6. The van der Waals surface area contributed by atoms with Crippen LogP contribution < -0.4 is 4.90 Å². The SMILES string of the molecule is c1cc(-c2cccc(N(c3ccc(-c4cccc5c4oc4ccccc45)cc3)c3ccc4oc5ccccc5c4c3)c2)cc(-c2cccc3ccccc23)c1. The molecule has 0 aliphatic carbocycles. The molecule has 3 heteroatoms. The van der Waals surface area contributed by atoms with E-state index in [4.69, 9.17) is 8.83 Å². The molecule has 0 saturated heterocycles. The number of hydrogen-bond acceptors (Lipinski definition) is 3. The van der Waals surface area contributed by atoms with E-state index in [1.165, 1.54) is 21.9 Å². The maximum Gasteiger partial charge on any atom is 0.143 e. The third-order valence-electron chi connectivity index (χ3n) is 10.9. The summed E-state index contributed by atoms with van der Waals surface area (Å²) in [6, 6.07) is 71.1. The molecular weight excluding hydrogens is 671 g/mol. The van der Waals surface area contributed by atoms with Crippen LogP contribution in [0.2, 0.25) is 0 Å². The van der Waals surface area contributed by atoms with Crippen LogP contribution in [-0.4, -0.2) is 0 Å². The topological polar surface area (TPSA) is 29.5 Å². The summed E-state index contributed by atoms with van der Waals surface area (Å²) in [5.74, 6) is 0. The third-order valence-corrected chi connectivity index (χ3v) is 10.9. The molecule has 0 radical (unpaired) electrons. The molecule has 11 rings (SSSR count). The van der Waals surface area contributed by atoms with Crippen molar-refractivity contribution >= 4 is 71.7 Å². The van der Waals surface area contributed by atoms with Crippen molar-refractivity contribution in [2.75, 3.05) is 4.90 Å². The van der Waals surface area contributed by atoms with E-state index >= 15 is 0 Å². The monoisotopic (exact) mass is 703 g/mol. The Labute approximate surface area is 317 Å². The molecule has 0 bridgehead atoms. The molecular formula is C52H33NO2. The molecule has 11 aromatic rings. The van der Waals surface area contributed by atoms with Crippen LogP contribution in [0.3, 0.4) is 0 Å². The highest BCUT2D eigenvalue weighted by Crippen LogP contribution is 2.42. The first-order chi connectivity index (χ1) is 27.2. The number of fused-ring (bicyclic) bond motifs is 7. The first-order valence-corrected chi connectivity index (χ1v) is 18.7. The number of nitrogens with zero attached hydrogens (tertiary/aromatic N) is 1. The van der Waals surface area contributed by atoms with E-state index in [1.807, 2.05) is 24.3 Å². The molecule has 0 unspecified atom stereocenters. The van der Waals surface area contributed by atoms with Crippen molar-refractivity contribution in [1.82, 2.24) is 0 Å². The van der Waals surface area contributed by atoms with Crippen LogP contribution in [0.25, 0.3) is 88.0 Å². The van der Waals surface area contributed by atoms with Crippen LogP contribution in [0.4, 0.5) is 17.1 Å². The van der Waals surface area contributed by atoms with Gasteiger partial charge in [0.2, 0.25) is 0 Å². The Morgan fingerprint density at radius 1 is 0.291 bits per heavy atom. The predicted molar refractivity (Wildman–Crippen MR) is 229 cm³/mol. The molecule has 0 spiro atoms. The lowest BCUT2D eigenvalue weighted by molar-refractivity contribution is 0.669. The number of furan rings is 2. The van der Waals surface area contributed by atoms with E-state index in [9.17, 15) is 0 Å². The van der Waals surface area contributed by atoms with Crippen molar-refractivity contribution in [2.24, 2.45) is 0 Å². The summed E-state index contributed by atoms with van der Waals surface area (Å²) in [4.78, 5) is 2.34. The zero-order valence-corrected chi connectivity index (χ0v) is 29.8. The van der Waals surface area contributed by atoms with Crippen molar-refractivity contribution in [3.05, 3.63) is 200 Å². The lowest BCUT2D eigenvalue weighted by Gasteiger charge is -2.26. The Kier molecular flexibility index (Phi) is 7.17. The zero-order valence-electron chi connectivity index (χ0n) is 29.8. The van der Waals surface area contributed by atoms with Gasteiger partial charge in [0.05, 0.1) is 0 Å². The Morgan fingerprint density at radius 2 is 0.855 bits per heavy atom. The summed E-state index contributed by atoms with van der Waals surface area (Å²) in [7, 11) is 0. The van der Waals surface area contributed by atoms with Crippen LogP contribution in [-0.2, 0) is 0 Å². The first kappa shape index (κ1) is 31.2. The van der Waals surface area contributed by atoms with Crippen molar-refractivity contribution in [3.8, 4) is 33.4 Å². The highest BCUT2D eigenvalue weighted by Gasteiger charge is 2.18. The minimum atomic E-state index is 0.873. The van der Waals surface area contributed by atoms with E-state index < -0.39 is 0 Å². The number of benzene rings is 9. The van der Waals surface area contributed by atoms with Gasteiger partial charge in [0.1, 0.15) is 22.3 Å². The fourth-order valence-corrected chi connectivity index (χ4v) is 8.23. The van der Waals surface area contributed by atoms with Crippen LogP contribution >= 0.6 is 0 Å². The highest BCUT2D eigenvalue weighted by atomic mass is 16.3. The van der Waals surface area contributed by atoms with Crippen molar-refractivity contribution in [1.29, 1.82) is 0 Å². The number of rotatable bonds is 6. The van der Waals surface area contributed by atoms with Gasteiger partial charge in [0.25, 0.3) is 0 Å². The van der Waals surface area contributed by atoms with Crippen LogP contribution in [0.1, 0.15) is 0 Å². The van der Waals surface area contributed by atoms with Gasteiger partial charge in [-0.1, -0.05) is 140 Å². The highest BCUT2D eigenvalue weighted by molar-refractivity contribution is 6.10. The molecule has 0 N–H and O–H groups in total. The second-order valence-electron chi connectivity index (χ2n) is 14.1. The largest absolute Gasteiger partial charge is 0.456 e. The second kappa shape index (κ2) is 12.6. The average molecular weight is 704 g/mol. The van der Waals surface area contributed by atoms with E-state index in [0.717, 1.165) is 83.2 Å². The standard InChI is InChI=1S/C52H33NO2/c1-2-17-42-34(11-1)12-9-20-43(42)38-15-7-13-36(31-38)37-14-8-16-40(32-37)53(41-29-30-51-48(33-41)46-19-4-5-23-49(46)54-51)39-27-25-35(26-28-39)44-21-10-22-47-45-18-3-6-24-50(45)55-52(44)47/h1-33H. The Balaban J connectivity index is 1.04. The van der Waals surface area contributed by atoms with Crippen LogP contribution in [0.15, 0.2) is 209 Å². The molecule has 0 atom stereocenters. The van der Waals surface area contributed by atoms with Gasteiger partial charge in [-0.3, -0.25) is 0 Å². The maximum atomic E-state index is 6.42. The summed E-state index contributed by atoms with van der Waals surface area (Å²) >= 11 is 0. The van der Waals surface area contributed by atoms with Crippen LogP contribution in [0.5, 0.6) is 0 Å². The van der Waals surface area contributed by atoms with Gasteiger partial charge in [-0.15, -0.1) is 0 Å². The molecule has 0 fully saturated rings. The maximum absolute atomic E-state index is 6.42. The lowest BCUT2D eigenvalue weighted by Crippen LogP contribution is -2.10. The molecule has 0 aliphatic heterocycles. The summed E-state index contributed by atoms with van der Waals surface area (Å²) in [6.45, 7) is 0. The molecule has 55 heavy (non-hydrogen) atoms. The fraction of sp³-hybridized carbons (Fsp3) is 0. The van der Waals surface area contributed by atoms with E-state index in [-0.39, 0.29) is 0 Å². The predicted octanol–water partition coefficient (Wildman–Crippen LogP) is 15.1. The summed E-state index contributed by atoms with van der Waals surface area (Å²) in [5.41, 5.74) is 13.6. The smallest absolute Gasteiger partial charge is 0.143 e. The summed E-state index contributed by atoms with van der Waals surface area (Å²) < 4.78 is 12.7. The van der Waals surface area contributed by atoms with Crippen LogP contribution in [0, 0.1) is 0 Å². The van der Waals surface area contributed by atoms with E-state index in [2.05, 4.69) is 181 Å². The van der Waals surface area contributed by atoms with Gasteiger partial charge < -0.3 is 13.7 Å². The van der Waals surface area contributed by atoms with Gasteiger partial charge in [-0.2, -0.15) is 0 Å². The Morgan fingerprint density at radius 3 is 1.71 bits per heavy atom. The first-order valence-electron chi connectivity index (χ1n) is 18.7. The van der Waals surface area contributed by atoms with Crippen molar-refractivity contribution in [2.45, 2.75) is 0 Å². The Hall–Kier alpha value is -7.36. The van der Waals surface area contributed by atoms with Gasteiger partial charge in [-0.25, -0.2) is 0 Å². The quantitative estimate of drug-likeness (QED) is 0.173. The molecule has 0 amide bonds. The number of para-hydroxylation sites is 3. The fourth-order valence-electron chi connectivity index (χ4n) is 8.23. The molecule has 2 aromatic heterocycles. The van der Waals surface area contributed by atoms with Gasteiger partial charge in [0.15, 0.2) is 0 Å². The molecule has 2 heterocycles. The molecule has 9 aromatic carbocycles. The molecule has 0 saturated carbocycles. The minimum Gasteiger partial charge on any atom is -0.456 e. The third kappa shape index (κ3) is 5.28. The minimum absolute atomic E-state index is 0.873. The van der Waals surface area contributed by atoms with E-state index in [1.54, 1.807) is 0 Å². The van der Waals surface area contributed by atoms with E-state index in [0.29, 0.717) is 0 Å². The van der Waals surface area contributed by atoms with Crippen molar-refractivity contribution in [3.63, 3.8) is 0 Å². The molecule has 0 aliphatic rings. The van der Waals surface area contributed by atoms with Gasteiger partial charge >= 0.3 is 0 Å². The van der Waals surface area contributed by atoms with Gasteiger partial charge in [-0.05, 0) is 99.3 Å². The average Bonchev–Trinajstić information content (AvgIpc) is 3.82. The summed E-state index contributed by atoms with van der Waals surface area (Å²) in [5, 5.41) is 6.94. The molecule has 3 nitrogen and oxygen atoms in total.